The fraction of sp³-hybridized carbons (Fsp3) is 0.760. The molecule has 2 heteroatoms. The normalized spacial score (nSPS) is 43.3. The van der Waals surface area contributed by atoms with Gasteiger partial charge in [0.1, 0.15) is 6.29 Å². The van der Waals surface area contributed by atoms with Crippen molar-refractivity contribution in [1.82, 2.24) is 0 Å². The number of aliphatic imine (C=N–C) groups is 1. The van der Waals surface area contributed by atoms with Gasteiger partial charge in [0, 0.05) is 11.6 Å². The summed E-state index contributed by atoms with van der Waals surface area (Å²) in [6.45, 7) is 13.9. The fourth-order valence-corrected chi connectivity index (χ4v) is 7.59. The van der Waals surface area contributed by atoms with E-state index in [-0.39, 0.29) is 0 Å². The summed E-state index contributed by atoms with van der Waals surface area (Å²) in [5.74, 6) is 3.07. The van der Waals surface area contributed by atoms with Crippen molar-refractivity contribution in [2.24, 2.45) is 39.5 Å². The largest absolute Gasteiger partial charge is 0.301 e. The van der Waals surface area contributed by atoms with Crippen LogP contribution in [0.15, 0.2) is 29.3 Å². The van der Waals surface area contributed by atoms with Crippen LogP contribution in [0.5, 0.6) is 0 Å². The van der Waals surface area contributed by atoms with Gasteiger partial charge in [-0.1, -0.05) is 51.5 Å². The molecular formula is C25H39NO. The summed E-state index contributed by atoms with van der Waals surface area (Å²) in [6, 6.07) is 0. The van der Waals surface area contributed by atoms with E-state index in [0.717, 1.165) is 24.0 Å². The maximum absolute atomic E-state index is 10.8. The van der Waals surface area contributed by atoms with Gasteiger partial charge < -0.3 is 4.79 Å². The number of allylic oxidation sites excluding steroid dienone is 3. The van der Waals surface area contributed by atoms with Crippen LogP contribution in [-0.4, -0.2) is 18.5 Å². The van der Waals surface area contributed by atoms with Crippen LogP contribution in [0, 0.1) is 34.5 Å². The van der Waals surface area contributed by atoms with Crippen molar-refractivity contribution >= 4 is 12.0 Å². The Morgan fingerprint density at radius 3 is 2.67 bits per heavy atom. The molecule has 3 fully saturated rings. The van der Waals surface area contributed by atoms with Crippen molar-refractivity contribution in [3.63, 3.8) is 0 Å². The molecule has 150 valence electrons. The first-order valence-corrected chi connectivity index (χ1v) is 11.2. The zero-order valence-corrected chi connectivity index (χ0v) is 18.0. The minimum Gasteiger partial charge on any atom is -0.301 e. The molecule has 27 heavy (non-hydrogen) atoms. The molecule has 6 unspecified atom stereocenters. The van der Waals surface area contributed by atoms with E-state index in [1.807, 2.05) is 6.08 Å². The van der Waals surface area contributed by atoms with Crippen LogP contribution < -0.4 is 0 Å². The van der Waals surface area contributed by atoms with Gasteiger partial charge in [-0.3, -0.25) is 4.99 Å². The maximum Gasteiger partial charge on any atom is 0.141 e. The maximum atomic E-state index is 10.8. The molecule has 0 bridgehead atoms. The molecule has 0 aromatic carbocycles. The van der Waals surface area contributed by atoms with Gasteiger partial charge in [-0.15, -0.1) is 0 Å². The monoisotopic (exact) mass is 369 g/mol. The van der Waals surface area contributed by atoms with Crippen molar-refractivity contribution in [1.29, 1.82) is 0 Å². The third kappa shape index (κ3) is 3.38. The van der Waals surface area contributed by atoms with Gasteiger partial charge in [-0.05, 0) is 80.5 Å². The molecule has 0 N–H and O–H groups in total. The van der Waals surface area contributed by atoms with Crippen LogP contribution in [0.1, 0.15) is 79.1 Å². The first kappa shape index (κ1) is 20.6. The molecule has 0 aromatic heterocycles. The van der Waals surface area contributed by atoms with Crippen LogP contribution in [0.2, 0.25) is 0 Å². The highest BCUT2D eigenvalue weighted by Crippen LogP contribution is 2.66. The van der Waals surface area contributed by atoms with E-state index < -0.39 is 0 Å². The molecular weight excluding hydrogens is 330 g/mol. The molecule has 3 saturated carbocycles. The smallest absolute Gasteiger partial charge is 0.141 e. The summed E-state index contributed by atoms with van der Waals surface area (Å²) in [7, 11) is 0. The van der Waals surface area contributed by atoms with Crippen LogP contribution in [0.3, 0.4) is 0 Å². The highest BCUT2D eigenvalue weighted by molar-refractivity contribution is 5.86. The summed E-state index contributed by atoms with van der Waals surface area (Å²) in [5, 5.41) is 0. The molecule has 3 aliphatic rings. The zero-order chi connectivity index (χ0) is 19.7. The third-order valence-electron chi connectivity index (χ3n) is 8.74. The lowest BCUT2D eigenvalue weighted by Crippen LogP contribution is -2.50. The van der Waals surface area contributed by atoms with Crippen molar-refractivity contribution < 1.29 is 4.79 Å². The minimum atomic E-state index is 0.333. The van der Waals surface area contributed by atoms with Gasteiger partial charge in [-0.2, -0.15) is 0 Å². The quantitative estimate of drug-likeness (QED) is 0.392. The Hall–Kier alpha value is -1.18. The van der Waals surface area contributed by atoms with Crippen molar-refractivity contribution in [2.45, 2.75) is 79.1 Å². The van der Waals surface area contributed by atoms with Crippen molar-refractivity contribution in [3.05, 3.63) is 24.3 Å². The van der Waals surface area contributed by atoms with Crippen molar-refractivity contribution in [2.75, 3.05) is 6.54 Å². The van der Waals surface area contributed by atoms with Crippen LogP contribution >= 0.6 is 0 Å². The molecule has 0 heterocycles. The summed E-state index contributed by atoms with van der Waals surface area (Å²) in [6.07, 6.45) is 15.7. The Balaban J connectivity index is 1.89. The van der Waals surface area contributed by atoms with E-state index in [2.05, 4.69) is 45.3 Å². The number of hydrogen-bond acceptors (Lipinski definition) is 2. The fourth-order valence-electron chi connectivity index (χ4n) is 7.59. The summed E-state index contributed by atoms with van der Waals surface area (Å²) in [4.78, 5) is 15.4. The van der Waals surface area contributed by atoms with E-state index in [0.29, 0.717) is 23.3 Å². The van der Waals surface area contributed by atoms with Crippen LogP contribution in [0.4, 0.5) is 0 Å². The summed E-state index contributed by atoms with van der Waals surface area (Å²) >= 11 is 0. The lowest BCUT2D eigenvalue weighted by Gasteiger charge is -2.57. The second kappa shape index (κ2) is 8.05. The SMILES string of the molecule is C=C/C=C1/CCC2C(CCC3(C)C(C(C)=NCC=O)CCC23)C1(C)CCC. The third-order valence-corrected chi connectivity index (χ3v) is 8.74. The standard InChI is InChI=1S/C25H39NO/c1-6-8-19-9-10-20-22-12-11-21(18(3)26-16-17-27)25(22,5)15-13-23(20)24(19,4)14-7-2/h6,8,17,20-23H,1,7,9-16H2,2-5H3/b19-8-,26-18?. The molecule has 0 saturated heterocycles. The van der Waals surface area contributed by atoms with Gasteiger partial charge >= 0.3 is 0 Å². The topological polar surface area (TPSA) is 29.4 Å². The Labute approximate surface area is 166 Å². The number of carbonyl (C=O) groups excluding carboxylic acids is 1. The van der Waals surface area contributed by atoms with E-state index in [4.69, 9.17) is 0 Å². The lowest BCUT2D eigenvalue weighted by molar-refractivity contribution is -0.106. The highest BCUT2D eigenvalue weighted by Gasteiger charge is 2.58. The molecule has 0 aliphatic heterocycles. The van der Waals surface area contributed by atoms with E-state index in [9.17, 15) is 4.79 Å². The molecule has 3 rings (SSSR count). The number of hydrogen-bond donors (Lipinski definition) is 0. The summed E-state index contributed by atoms with van der Waals surface area (Å²) in [5.41, 5.74) is 3.61. The molecule has 3 aliphatic carbocycles. The Morgan fingerprint density at radius 1 is 1.22 bits per heavy atom. The number of carbonyl (C=O) groups is 1. The molecule has 6 atom stereocenters. The van der Waals surface area contributed by atoms with E-state index in [1.54, 1.807) is 5.57 Å². The highest BCUT2D eigenvalue weighted by atomic mass is 16.1. The zero-order valence-electron chi connectivity index (χ0n) is 18.0. The van der Waals surface area contributed by atoms with Crippen LogP contribution in [-0.2, 0) is 4.79 Å². The second-order valence-electron chi connectivity index (χ2n) is 9.83. The Kier molecular flexibility index (Phi) is 6.13. The van der Waals surface area contributed by atoms with Crippen LogP contribution in [0.25, 0.3) is 0 Å². The number of aldehydes is 1. The molecule has 2 nitrogen and oxygen atoms in total. The number of nitrogens with zero attached hydrogens (tertiary/aromatic N) is 1. The van der Waals surface area contributed by atoms with E-state index >= 15 is 0 Å². The Morgan fingerprint density at radius 2 is 2.00 bits per heavy atom. The predicted octanol–water partition coefficient (Wildman–Crippen LogP) is 6.42. The lowest BCUT2D eigenvalue weighted by atomic mass is 9.47. The summed E-state index contributed by atoms with van der Waals surface area (Å²) < 4.78 is 0. The molecule has 0 spiro atoms. The molecule has 0 radical (unpaired) electrons. The number of rotatable bonds is 6. The minimum absolute atomic E-state index is 0.333. The first-order chi connectivity index (χ1) is 12.9. The molecule has 0 aromatic rings. The van der Waals surface area contributed by atoms with Gasteiger partial charge in [0.25, 0.3) is 0 Å². The predicted molar refractivity (Wildman–Crippen MR) is 115 cm³/mol. The van der Waals surface area contributed by atoms with Crippen molar-refractivity contribution in [3.8, 4) is 0 Å². The number of fused-ring (bicyclic) bond motifs is 3. The van der Waals surface area contributed by atoms with Gasteiger partial charge in [-0.25, -0.2) is 0 Å². The first-order valence-electron chi connectivity index (χ1n) is 11.2. The van der Waals surface area contributed by atoms with E-state index in [1.165, 1.54) is 57.1 Å². The van der Waals surface area contributed by atoms with Gasteiger partial charge in [0.05, 0.1) is 6.54 Å². The average molecular weight is 370 g/mol. The second-order valence-corrected chi connectivity index (χ2v) is 9.83. The molecule has 0 amide bonds. The van der Waals surface area contributed by atoms with Gasteiger partial charge in [0.2, 0.25) is 0 Å². The van der Waals surface area contributed by atoms with Gasteiger partial charge in [0.15, 0.2) is 0 Å². The Bertz CT molecular complexity index is 632. The average Bonchev–Trinajstić information content (AvgIpc) is 3.00.